The first-order valence-electron chi connectivity index (χ1n) is 5.19. The van der Waals surface area contributed by atoms with Gasteiger partial charge in [0.2, 0.25) is 0 Å². The molecule has 0 spiro atoms. The molecule has 2 aromatic rings. The van der Waals surface area contributed by atoms with Gasteiger partial charge in [-0.3, -0.25) is 0 Å². The number of halogens is 2. The Morgan fingerprint density at radius 1 is 1.12 bits per heavy atom. The lowest BCUT2D eigenvalue weighted by atomic mass is 10.1. The van der Waals surface area contributed by atoms with Crippen molar-refractivity contribution >= 4 is 23.1 Å². The van der Waals surface area contributed by atoms with Crippen molar-refractivity contribution in [2.75, 3.05) is 5.32 Å². The van der Waals surface area contributed by atoms with Crippen molar-refractivity contribution in [3.8, 4) is 0 Å². The average molecular weight is 249 g/mol. The molecule has 2 aromatic carbocycles. The Balaban J connectivity index is 2.18. The van der Waals surface area contributed by atoms with Crippen LogP contribution in [0.3, 0.4) is 0 Å². The Kier molecular flexibility index (Phi) is 2.33. The number of hydrogen-bond acceptors (Lipinski definition) is 2. The van der Waals surface area contributed by atoms with Gasteiger partial charge in [0.05, 0.1) is 11.4 Å². The van der Waals surface area contributed by atoms with Gasteiger partial charge in [0.15, 0.2) is 11.6 Å². The van der Waals surface area contributed by atoms with Crippen LogP contribution < -0.4 is 5.32 Å². The van der Waals surface area contributed by atoms with Crippen LogP contribution in [-0.2, 0) is 0 Å². The number of fused-ring (bicyclic) bond motifs is 2. The molecule has 0 bridgehead atoms. The van der Waals surface area contributed by atoms with Crippen molar-refractivity contribution in [3.63, 3.8) is 0 Å². The van der Waals surface area contributed by atoms with Gasteiger partial charge in [0.1, 0.15) is 0 Å². The summed E-state index contributed by atoms with van der Waals surface area (Å²) in [6, 6.07) is 8.95. The zero-order chi connectivity index (χ0) is 12.0. The van der Waals surface area contributed by atoms with Gasteiger partial charge >= 0.3 is 0 Å². The lowest BCUT2D eigenvalue weighted by Crippen LogP contribution is -2.04. The van der Waals surface area contributed by atoms with E-state index in [-0.39, 0.29) is 0 Å². The van der Waals surface area contributed by atoms with Crippen LogP contribution in [0.1, 0.15) is 5.56 Å². The SMILES string of the molecule is Cc1c(F)c(F)cc2c1Nc1ccccc1S2. The third kappa shape index (κ3) is 1.60. The van der Waals surface area contributed by atoms with Crippen LogP contribution in [-0.4, -0.2) is 0 Å². The number of nitrogens with one attached hydrogen (secondary N) is 1. The number of para-hydroxylation sites is 1. The summed E-state index contributed by atoms with van der Waals surface area (Å²) in [5, 5.41) is 3.15. The molecule has 0 aliphatic carbocycles. The highest BCUT2D eigenvalue weighted by Gasteiger charge is 2.21. The molecule has 0 fully saturated rings. The molecule has 1 nitrogen and oxygen atoms in total. The molecule has 1 N–H and O–H groups in total. The van der Waals surface area contributed by atoms with E-state index >= 15 is 0 Å². The van der Waals surface area contributed by atoms with Gasteiger partial charge < -0.3 is 5.32 Å². The van der Waals surface area contributed by atoms with Crippen LogP contribution in [0.15, 0.2) is 40.1 Å². The van der Waals surface area contributed by atoms with E-state index in [1.54, 1.807) is 6.92 Å². The minimum atomic E-state index is -0.796. The number of hydrogen-bond donors (Lipinski definition) is 1. The minimum absolute atomic E-state index is 0.321. The monoisotopic (exact) mass is 249 g/mol. The van der Waals surface area contributed by atoms with E-state index in [9.17, 15) is 8.78 Å². The van der Waals surface area contributed by atoms with Crippen LogP contribution >= 0.6 is 11.8 Å². The molecule has 0 unspecified atom stereocenters. The van der Waals surface area contributed by atoms with Crippen LogP contribution in [0.25, 0.3) is 0 Å². The third-order valence-corrected chi connectivity index (χ3v) is 3.90. The van der Waals surface area contributed by atoms with E-state index in [0.717, 1.165) is 15.5 Å². The summed E-state index contributed by atoms with van der Waals surface area (Å²) in [4.78, 5) is 1.74. The van der Waals surface area contributed by atoms with Crippen molar-refractivity contribution in [1.82, 2.24) is 0 Å². The molecule has 1 aliphatic rings. The van der Waals surface area contributed by atoms with Gasteiger partial charge in [-0.1, -0.05) is 23.9 Å². The molecule has 17 heavy (non-hydrogen) atoms. The van der Waals surface area contributed by atoms with E-state index in [1.807, 2.05) is 24.3 Å². The Labute approximate surface area is 102 Å². The third-order valence-electron chi connectivity index (χ3n) is 2.78. The fourth-order valence-electron chi connectivity index (χ4n) is 1.87. The zero-order valence-electron chi connectivity index (χ0n) is 9.05. The summed E-state index contributed by atoms with van der Waals surface area (Å²) in [6.45, 7) is 1.58. The largest absolute Gasteiger partial charge is 0.353 e. The Morgan fingerprint density at radius 2 is 1.88 bits per heavy atom. The summed E-state index contributed by atoms with van der Waals surface area (Å²) < 4.78 is 26.8. The summed E-state index contributed by atoms with van der Waals surface area (Å²) in [6.07, 6.45) is 0. The van der Waals surface area contributed by atoms with Gasteiger partial charge in [-0.15, -0.1) is 0 Å². The number of rotatable bonds is 0. The fraction of sp³-hybridized carbons (Fsp3) is 0.0769. The molecule has 86 valence electrons. The fourth-order valence-corrected chi connectivity index (χ4v) is 2.95. The maximum Gasteiger partial charge on any atom is 0.163 e. The summed E-state index contributed by atoms with van der Waals surface area (Å²) in [5.41, 5.74) is 1.91. The molecule has 0 aromatic heterocycles. The highest BCUT2D eigenvalue weighted by atomic mass is 32.2. The van der Waals surface area contributed by atoms with Crippen molar-refractivity contribution < 1.29 is 8.78 Å². The van der Waals surface area contributed by atoms with Gasteiger partial charge in [-0.05, 0) is 25.1 Å². The molecule has 0 saturated heterocycles. The van der Waals surface area contributed by atoms with Crippen LogP contribution in [0.5, 0.6) is 0 Å². The first-order valence-corrected chi connectivity index (χ1v) is 6.01. The number of anilines is 2. The molecule has 0 atom stereocenters. The van der Waals surface area contributed by atoms with Gasteiger partial charge in [-0.25, -0.2) is 8.78 Å². The molecule has 4 heteroatoms. The van der Waals surface area contributed by atoms with Gasteiger partial charge in [0, 0.05) is 15.4 Å². The molecule has 1 heterocycles. The first-order chi connectivity index (χ1) is 8.16. The highest BCUT2D eigenvalue weighted by Crippen LogP contribution is 2.46. The van der Waals surface area contributed by atoms with Gasteiger partial charge in [-0.2, -0.15) is 0 Å². The zero-order valence-corrected chi connectivity index (χ0v) is 9.87. The van der Waals surface area contributed by atoms with Crippen molar-refractivity contribution in [2.45, 2.75) is 16.7 Å². The normalized spacial score (nSPS) is 12.6. The van der Waals surface area contributed by atoms with Crippen molar-refractivity contribution in [2.24, 2.45) is 0 Å². The predicted octanol–water partition coefficient (Wildman–Crippen LogP) is 4.48. The molecular formula is C13H9F2NS. The van der Waals surface area contributed by atoms with Crippen LogP contribution in [0.2, 0.25) is 0 Å². The molecule has 0 saturated carbocycles. The second-order valence-corrected chi connectivity index (χ2v) is 4.98. The standard InChI is InChI=1S/C13H9F2NS/c1-7-12(15)8(14)6-11-13(7)16-9-4-2-3-5-10(9)17-11/h2-6,16H,1H3. The van der Waals surface area contributed by atoms with E-state index in [4.69, 9.17) is 0 Å². The summed E-state index contributed by atoms with van der Waals surface area (Å²) in [5.74, 6) is -1.58. The van der Waals surface area contributed by atoms with E-state index < -0.39 is 11.6 Å². The quantitative estimate of drug-likeness (QED) is 0.630. The van der Waals surface area contributed by atoms with E-state index in [1.165, 1.54) is 17.8 Å². The molecule has 0 radical (unpaired) electrons. The minimum Gasteiger partial charge on any atom is -0.353 e. The van der Waals surface area contributed by atoms with E-state index in [0.29, 0.717) is 11.3 Å². The van der Waals surface area contributed by atoms with Gasteiger partial charge in [0.25, 0.3) is 0 Å². The van der Waals surface area contributed by atoms with Crippen LogP contribution in [0.4, 0.5) is 20.2 Å². The maximum atomic E-state index is 13.5. The lowest BCUT2D eigenvalue weighted by molar-refractivity contribution is 0.501. The number of benzene rings is 2. The summed E-state index contributed by atoms with van der Waals surface area (Å²) >= 11 is 1.45. The molecule has 0 amide bonds. The maximum absolute atomic E-state index is 13.5. The molecular weight excluding hydrogens is 240 g/mol. The molecule has 1 aliphatic heterocycles. The second kappa shape index (κ2) is 3.74. The van der Waals surface area contributed by atoms with Crippen molar-refractivity contribution in [1.29, 1.82) is 0 Å². The topological polar surface area (TPSA) is 12.0 Å². The van der Waals surface area contributed by atoms with E-state index in [2.05, 4.69) is 5.32 Å². The Hall–Kier alpha value is -1.55. The molecule has 3 rings (SSSR count). The van der Waals surface area contributed by atoms with Crippen LogP contribution in [0, 0.1) is 18.6 Å². The highest BCUT2D eigenvalue weighted by molar-refractivity contribution is 7.99. The lowest BCUT2D eigenvalue weighted by Gasteiger charge is -2.22. The first kappa shape index (κ1) is 10.6. The second-order valence-electron chi connectivity index (χ2n) is 3.89. The Bertz CT molecular complexity index is 611. The average Bonchev–Trinajstić information content (AvgIpc) is 2.34. The Morgan fingerprint density at radius 3 is 2.71 bits per heavy atom. The predicted molar refractivity (Wildman–Crippen MR) is 64.9 cm³/mol. The smallest absolute Gasteiger partial charge is 0.163 e. The van der Waals surface area contributed by atoms with Crippen molar-refractivity contribution in [3.05, 3.63) is 47.5 Å². The summed E-state index contributed by atoms with van der Waals surface area (Å²) in [7, 11) is 0.